The van der Waals surface area contributed by atoms with E-state index in [4.69, 9.17) is 0 Å². The van der Waals surface area contributed by atoms with E-state index in [-0.39, 0.29) is 18.7 Å². The van der Waals surface area contributed by atoms with Crippen molar-refractivity contribution in [1.82, 2.24) is 10.2 Å². The molecule has 3 rings (SSSR count). The maximum Gasteiger partial charge on any atom is 0.305 e. The van der Waals surface area contributed by atoms with E-state index >= 15 is 0 Å². The number of hydrogen-bond acceptors (Lipinski definition) is 4. The zero-order valence-corrected chi connectivity index (χ0v) is 16.9. The molecule has 0 saturated heterocycles. The van der Waals surface area contributed by atoms with Crippen LogP contribution in [0.3, 0.4) is 0 Å². The van der Waals surface area contributed by atoms with Gasteiger partial charge in [0.25, 0.3) is 11.8 Å². The molecule has 0 aromatic heterocycles. The number of amides is 2. The summed E-state index contributed by atoms with van der Waals surface area (Å²) in [5, 5.41) is 15.3. The largest absolute Gasteiger partial charge is 0.481 e. The van der Waals surface area contributed by atoms with Crippen molar-refractivity contribution >= 4 is 29.2 Å². The summed E-state index contributed by atoms with van der Waals surface area (Å²) in [6.07, 6.45) is 1.44. The lowest BCUT2D eigenvalue weighted by molar-refractivity contribution is -0.137. The number of anilines is 1. The fraction of sp³-hybridized carbons (Fsp3) is 0.261. The van der Waals surface area contributed by atoms with Crippen molar-refractivity contribution in [2.75, 3.05) is 18.4 Å². The van der Waals surface area contributed by atoms with Crippen LogP contribution in [0.15, 0.2) is 60.3 Å². The first-order chi connectivity index (χ1) is 14.5. The van der Waals surface area contributed by atoms with Gasteiger partial charge in [-0.25, -0.2) is 0 Å². The lowest BCUT2D eigenvalue weighted by atomic mass is 10.1. The fourth-order valence-corrected chi connectivity index (χ4v) is 3.29. The molecule has 7 nitrogen and oxygen atoms in total. The first kappa shape index (κ1) is 21.1. The summed E-state index contributed by atoms with van der Waals surface area (Å²) in [5.41, 5.74) is 2.27. The number of benzene rings is 2. The molecule has 156 valence electrons. The van der Waals surface area contributed by atoms with Gasteiger partial charge in [0.1, 0.15) is 5.70 Å². The van der Waals surface area contributed by atoms with Crippen LogP contribution in [0.4, 0.5) is 5.69 Å². The van der Waals surface area contributed by atoms with Crippen molar-refractivity contribution in [3.63, 3.8) is 0 Å². The molecule has 2 amide bonds. The Kier molecular flexibility index (Phi) is 6.85. The predicted molar refractivity (Wildman–Crippen MR) is 115 cm³/mol. The van der Waals surface area contributed by atoms with Gasteiger partial charge in [-0.2, -0.15) is 0 Å². The molecule has 0 spiro atoms. The Labute approximate surface area is 175 Å². The lowest BCUT2D eigenvalue weighted by Gasteiger charge is -2.25. The van der Waals surface area contributed by atoms with Crippen LogP contribution in [0, 0.1) is 0 Å². The minimum Gasteiger partial charge on any atom is -0.481 e. The van der Waals surface area contributed by atoms with Crippen molar-refractivity contribution in [3.05, 3.63) is 71.4 Å². The number of nitrogens with one attached hydrogen (secondary N) is 2. The fourth-order valence-electron chi connectivity index (χ4n) is 3.29. The van der Waals surface area contributed by atoms with Crippen molar-refractivity contribution in [2.24, 2.45) is 0 Å². The zero-order valence-electron chi connectivity index (χ0n) is 16.9. The van der Waals surface area contributed by atoms with Crippen LogP contribution in [-0.2, 0) is 9.59 Å². The Morgan fingerprint density at radius 2 is 1.77 bits per heavy atom. The van der Waals surface area contributed by atoms with Crippen LogP contribution in [0.1, 0.15) is 42.1 Å². The Balaban J connectivity index is 2.16. The molecule has 0 aliphatic carbocycles. The molecule has 0 bridgehead atoms. The molecule has 3 N–H and O–H groups in total. The number of unbranched alkanes of at least 4 members (excludes halogenated alkanes) is 1. The highest BCUT2D eigenvalue weighted by Gasteiger charge is 2.33. The quantitative estimate of drug-likeness (QED) is 0.583. The van der Waals surface area contributed by atoms with Crippen LogP contribution in [-0.4, -0.2) is 40.9 Å². The molecule has 1 aliphatic heterocycles. The summed E-state index contributed by atoms with van der Waals surface area (Å²) in [6.45, 7) is 2.37. The first-order valence-electron chi connectivity index (χ1n) is 10.0. The number of carbonyl (C=O) groups excluding carboxylic acids is 2. The van der Waals surface area contributed by atoms with Crippen molar-refractivity contribution < 1.29 is 19.5 Å². The topological polar surface area (TPSA) is 98.7 Å². The van der Waals surface area contributed by atoms with Gasteiger partial charge in [0.15, 0.2) is 0 Å². The van der Waals surface area contributed by atoms with Gasteiger partial charge in [-0.15, -0.1) is 0 Å². The molecule has 0 saturated carbocycles. The number of aliphatic carboxylic acids is 1. The van der Waals surface area contributed by atoms with E-state index < -0.39 is 17.8 Å². The zero-order chi connectivity index (χ0) is 21.5. The second-order valence-corrected chi connectivity index (χ2v) is 6.97. The molecule has 0 atom stereocenters. The van der Waals surface area contributed by atoms with Gasteiger partial charge in [0, 0.05) is 18.7 Å². The van der Waals surface area contributed by atoms with E-state index in [0.29, 0.717) is 23.5 Å². The normalized spacial score (nSPS) is 13.4. The Morgan fingerprint density at radius 3 is 2.47 bits per heavy atom. The van der Waals surface area contributed by atoms with Gasteiger partial charge in [0.2, 0.25) is 0 Å². The van der Waals surface area contributed by atoms with Crippen molar-refractivity contribution in [3.8, 4) is 0 Å². The van der Waals surface area contributed by atoms with Gasteiger partial charge in [-0.1, -0.05) is 55.8 Å². The van der Waals surface area contributed by atoms with Crippen LogP contribution in [0.25, 0.3) is 5.70 Å². The maximum atomic E-state index is 13.3. The SMILES string of the molecule is CCCCNC(=O)C1=C(c2ccccc2)Nc2ccccc2C(=O)N1CCC(=O)O. The monoisotopic (exact) mass is 407 g/mol. The second kappa shape index (κ2) is 9.73. The highest BCUT2D eigenvalue weighted by Crippen LogP contribution is 2.32. The van der Waals surface area contributed by atoms with Gasteiger partial charge < -0.3 is 20.6 Å². The smallest absolute Gasteiger partial charge is 0.305 e. The minimum absolute atomic E-state index is 0.114. The molecule has 1 aliphatic rings. The van der Waals surface area contributed by atoms with Gasteiger partial charge >= 0.3 is 5.97 Å². The van der Waals surface area contributed by atoms with Gasteiger partial charge in [-0.05, 0) is 18.6 Å². The van der Waals surface area contributed by atoms with E-state index in [1.165, 1.54) is 4.90 Å². The molecule has 0 radical (unpaired) electrons. The van der Waals surface area contributed by atoms with Crippen molar-refractivity contribution in [2.45, 2.75) is 26.2 Å². The third-order valence-electron chi connectivity index (χ3n) is 4.81. The Hall–Kier alpha value is -3.61. The third-order valence-corrected chi connectivity index (χ3v) is 4.81. The molecule has 2 aromatic rings. The molecule has 30 heavy (non-hydrogen) atoms. The van der Waals surface area contributed by atoms with E-state index in [9.17, 15) is 19.5 Å². The average Bonchev–Trinajstić information content (AvgIpc) is 2.87. The van der Waals surface area contributed by atoms with Crippen LogP contribution < -0.4 is 10.6 Å². The molecular formula is C23H25N3O4. The van der Waals surface area contributed by atoms with Crippen LogP contribution in [0.2, 0.25) is 0 Å². The van der Waals surface area contributed by atoms with E-state index in [2.05, 4.69) is 10.6 Å². The summed E-state index contributed by atoms with van der Waals surface area (Å²) in [4.78, 5) is 39.1. The summed E-state index contributed by atoms with van der Waals surface area (Å²) in [7, 11) is 0. The number of carbonyl (C=O) groups is 3. The second-order valence-electron chi connectivity index (χ2n) is 6.97. The molecule has 2 aromatic carbocycles. The predicted octanol–water partition coefficient (Wildman–Crippen LogP) is 3.31. The maximum absolute atomic E-state index is 13.3. The number of rotatable bonds is 8. The summed E-state index contributed by atoms with van der Waals surface area (Å²) in [5.74, 6) is -1.87. The van der Waals surface area contributed by atoms with Crippen LogP contribution in [0.5, 0.6) is 0 Å². The minimum atomic E-state index is -1.04. The number of hydrogen-bond donors (Lipinski definition) is 3. The first-order valence-corrected chi connectivity index (χ1v) is 10.0. The summed E-state index contributed by atoms with van der Waals surface area (Å²) in [6, 6.07) is 16.2. The lowest BCUT2D eigenvalue weighted by Crippen LogP contribution is -2.40. The van der Waals surface area contributed by atoms with Crippen LogP contribution >= 0.6 is 0 Å². The van der Waals surface area contributed by atoms with Crippen molar-refractivity contribution in [1.29, 1.82) is 0 Å². The number of nitrogens with zero attached hydrogens (tertiary/aromatic N) is 1. The van der Waals surface area contributed by atoms with E-state index in [0.717, 1.165) is 18.4 Å². The Bertz CT molecular complexity index is 969. The average molecular weight is 407 g/mol. The molecule has 0 unspecified atom stereocenters. The summed E-state index contributed by atoms with van der Waals surface area (Å²) < 4.78 is 0. The standard InChI is InChI=1S/C23H25N3O4/c1-2-3-14-24-22(29)21-20(16-9-5-4-6-10-16)25-18-12-8-7-11-17(18)23(30)26(21)15-13-19(27)28/h4-12,25H,2-3,13-15H2,1H3,(H,24,29)(H,27,28). The highest BCUT2D eigenvalue weighted by atomic mass is 16.4. The van der Waals surface area contributed by atoms with Gasteiger partial charge in [-0.3, -0.25) is 14.4 Å². The molecule has 1 heterocycles. The number of carboxylic acid groups (broad SMARTS) is 1. The summed E-state index contributed by atoms with van der Waals surface area (Å²) >= 11 is 0. The third kappa shape index (κ3) is 4.68. The van der Waals surface area contributed by atoms with E-state index in [1.807, 2.05) is 37.3 Å². The molecule has 0 fully saturated rings. The number of fused-ring (bicyclic) bond motifs is 1. The van der Waals surface area contributed by atoms with E-state index in [1.54, 1.807) is 24.3 Å². The Morgan fingerprint density at radius 1 is 1.07 bits per heavy atom. The highest BCUT2D eigenvalue weighted by molar-refractivity contribution is 6.13. The van der Waals surface area contributed by atoms with Gasteiger partial charge in [0.05, 0.1) is 23.4 Å². The molecular weight excluding hydrogens is 382 g/mol. The number of carboxylic acids is 1. The number of para-hydroxylation sites is 1. The molecule has 7 heteroatoms.